The van der Waals surface area contributed by atoms with Crippen molar-refractivity contribution in [3.05, 3.63) is 63.3 Å². The topological polar surface area (TPSA) is 111 Å². The molecular weight excluding hydrogens is 528 g/mol. The lowest BCUT2D eigenvalue weighted by molar-refractivity contribution is -0.0431. The lowest BCUT2D eigenvalue weighted by atomic mass is 10.2. The van der Waals surface area contributed by atoms with Gasteiger partial charge in [0.2, 0.25) is 5.79 Å². The minimum atomic E-state index is -4.19. The molecule has 2 aromatic carbocycles. The molecule has 0 fully saturated rings. The summed E-state index contributed by atoms with van der Waals surface area (Å²) in [4.78, 5) is 24.7. The first-order valence-electron chi connectivity index (χ1n) is 10.8. The van der Waals surface area contributed by atoms with Crippen LogP contribution in [-0.2, 0) is 14.8 Å². The number of nitrogens with one attached hydrogen (secondary N) is 1. The predicted octanol–water partition coefficient (Wildman–Crippen LogP) is 5.16. The predicted molar refractivity (Wildman–Crippen MR) is 137 cm³/mol. The zero-order chi connectivity index (χ0) is 26.3. The monoisotopic (exact) mass is 550 g/mol. The van der Waals surface area contributed by atoms with Crippen molar-refractivity contribution in [1.82, 2.24) is 0 Å². The van der Waals surface area contributed by atoms with E-state index in [1.807, 2.05) is 0 Å². The Kier molecular flexibility index (Phi) is 6.91. The zero-order valence-electron chi connectivity index (χ0n) is 19.8. The highest BCUT2D eigenvalue weighted by Gasteiger charge is 2.34. The smallest absolute Gasteiger partial charge is 0.338 e. The van der Waals surface area contributed by atoms with Crippen LogP contribution in [0.25, 0.3) is 0 Å². The first-order chi connectivity index (χ1) is 16.9. The maximum Gasteiger partial charge on any atom is 0.338 e. The highest BCUT2D eigenvalue weighted by Crippen LogP contribution is 2.42. The van der Waals surface area contributed by atoms with Crippen LogP contribution in [0.5, 0.6) is 11.5 Å². The number of fused-ring (bicyclic) bond motifs is 1. The largest absolute Gasteiger partial charge is 0.462 e. The molecule has 1 amide bonds. The molecule has 1 aliphatic heterocycles. The molecule has 0 saturated heterocycles. The first kappa shape index (κ1) is 25.8. The van der Waals surface area contributed by atoms with E-state index in [0.717, 1.165) is 15.6 Å². The van der Waals surface area contributed by atoms with Crippen LogP contribution >= 0.6 is 22.9 Å². The minimum absolute atomic E-state index is 0.102. The highest BCUT2D eigenvalue weighted by atomic mass is 35.5. The number of rotatable bonds is 7. The van der Waals surface area contributed by atoms with Crippen molar-refractivity contribution in [2.45, 2.75) is 31.5 Å². The van der Waals surface area contributed by atoms with Crippen LogP contribution in [0.15, 0.2) is 53.4 Å². The molecule has 12 heteroatoms. The van der Waals surface area contributed by atoms with Crippen LogP contribution in [0.3, 0.4) is 0 Å². The van der Waals surface area contributed by atoms with Crippen molar-refractivity contribution in [2.24, 2.45) is 0 Å². The molecule has 9 nitrogen and oxygen atoms in total. The van der Waals surface area contributed by atoms with Crippen LogP contribution in [0.2, 0.25) is 4.34 Å². The Morgan fingerprint density at radius 3 is 2.56 bits per heavy atom. The summed E-state index contributed by atoms with van der Waals surface area (Å²) in [6, 6.07) is 12.1. The van der Waals surface area contributed by atoms with Crippen molar-refractivity contribution in [1.29, 1.82) is 0 Å². The molecule has 1 aliphatic rings. The number of hydrogen-bond acceptors (Lipinski definition) is 8. The number of hydrogen-bond donors (Lipinski definition) is 1. The number of sulfonamides is 1. The fourth-order valence-electron chi connectivity index (χ4n) is 3.52. The number of esters is 1. The number of halogens is 1. The third-order valence-electron chi connectivity index (χ3n) is 5.15. The quantitative estimate of drug-likeness (QED) is 0.404. The van der Waals surface area contributed by atoms with Crippen molar-refractivity contribution in [2.75, 3.05) is 23.3 Å². The molecule has 3 aromatic rings. The average Bonchev–Trinajstić information content (AvgIpc) is 3.36. The summed E-state index contributed by atoms with van der Waals surface area (Å²) in [5, 5.41) is 2.63. The molecule has 0 atom stereocenters. The number of anilines is 2. The second-order valence-electron chi connectivity index (χ2n) is 8.21. The Balaban J connectivity index is 1.61. The van der Waals surface area contributed by atoms with Gasteiger partial charge in [-0.3, -0.25) is 9.10 Å². The van der Waals surface area contributed by atoms with Gasteiger partial charge < -0.3 is 19.5 Å². The summed E-state index contributed by atoms with van der Waals surface area (Å²) in [5.41, 5.74) is 0.855. The van der Waals surface area contributed by atoms with Gasteiger partial charge in [0.05, 0.1) is 22.2 Å². The van der Waals surface area contributed by atoms with Gasteiger partial charge >= 0.3 is 5.97 Å². The minimum Gasteiger partial charge on any atom is -0.462 e. The van der Waals surface area contributed by atoms with Crippen molar-refractivity contribution in [3.63, 3.8) is 0 Å². The molecule has 0 bridgehead atoms. The third kappa shape index (κ3) is 5.13. The van der Waals surface area contributed by atoms with E-state index >= 15 is 0 Å². The molecule has 4 rings (SSSR count). The van der Waals surface area contributed by atoms with E-state index in [-0.39, 0.29) is 26.3 Å². The Morgan fingerprint density at radius 2 is 1.83 bits per heavy atom. The van der Waals surface area contributed by atoms with E-state index in [1.54, 1.807) is 57.2 Å². The van der Waals surface area contributed by atoms with Gasteiger partial charge in [0.1, 0.15) is 9.77 Å². The van der Waals surface area contributed by atoms with Gasteiger partial charge in [0.25, 0.3) is 15.9 Å². The highest BCUT2D eigenvalue weighted by molar-refractivity contribution is 7.93. The van der Waals surface area contributed by atoms with Crippen LogP contribution in [-0.4, -0.2) is 39.7 Å². The Labute approximate surface area is 217 Å². The molecule has 0 aliphatic carbocycles. The molecule has 36 heavy (non-hydrogen) atoms. The van der Waals surface area contributed by atoms with Crippen LogP contribution in [0.4, 0.5) is 11.4 Å². The summed E-state index contributed by atoms with van der Waals surface area (Å²) in [6.07, 6.45) is 0. The normalized spacial score (nSPS) is 13.8. The number of thiophene rings is 1. The Hall–Kier alpha value is -3.28. The molecule has 0 unspecified atom stereocenters. The Bertz CT molecular complexity index is 1450. The van der Waals surface area contributed by atoms with Gasteiger partial charge in [-0.25, -0.2) is 13.2 Å². The molecule has 0 saturated carbocycles. The molecule has 2 heterocycles. The zero-order valence-corrected chi connectivity index (χ0v) is 22.2. The molecule has 1 aromatic heterocycles. The van der Waals surface area contributed by atoms with Gasteiger partial charge in [0.15, 0.2) is 11.5 Å². The number of benzene rings is 2. The average molecular weight is 551 g/mol. The SMILES string of the molecule is CCOC(=O)c1cccc(NC(=O)c2sc(Cl)cc2S(=O)(=O)N(C)c2ccc3c(c2)OC(C)(C)O3)c1. The van der Waals surface area contributed by atoms with E-state index in [1.165, 1.54) is 19.2 Å². The van der Waals surface area contributed by atoms with Crippen LogP contribution in [0.1, 0.15) is 40.8 Å². The fourth-order valence-corrected chi connectivity index (χ4v) is 6.39. The molecule has 0 spiro atoms. The standard InChI is InChI=1S/C24H23ClN2O7S2/c1-5-32-23(29)14-7-6-8-15(11-14)26-22(28)21-19(13-20(25)35-21)36(30,31)27(4)16-9-10-17-18(12-16)34-24(2,3)33-17/h6-13H,5H2,1-4H3,(H,26,28). The Morgan fingerprint density at radius 1 is 1.11 bits per heavy atom. The number of ether oxygens (including phenoxy) is 3. The first-order valence-corrected chi connectivity index (χ1v) is 13.4. The van der Waals surface area contributed by atoms with Crippen molar-refractivity contribution < 1.29 is 32.2 Å². The number of carbonyl (C=O) groups is 2. The number of carbonyl (C=O) groups excluding carboxylic acids is 2. The number of nitrogens with zero attached hydrogens (tertiary/aromatic N) is 1. The molecule has 1 N–H and O–H groups in total. The maximum atomic E-state index is 13.5. The fraction of sp³-hybridized carbons (Fsp3) is 0.250. The van der Waals surface area contributed by atoms with E-state index < -0.39 is 27.7 Å². The third-order valence-corrected chi connectivity index (χ3v) is 8.35. The summed E-state index contributed by atoms with van der Waals surface area (Å²) >= 11 is 6.97. The maximum absolute atomic E-state index is 13.5. The van der Waals surface area contributed by atoms with Crippen molar-refractivity contribution in [3.8, 4) is 11.5 Å². The summed E-state index contributed by atoms with van der Waals surface area (Å²) in [6.45, 7) is 5.38. The van der Waals surface area contributed by atoms with Gasteiger partial charge in [-0.1, -0.05) is 17.7 Å². The van der Waals surface area contributed by atoms with E-state index in [2.05, 4.69) is 5.32 Å². The van der Waals surface area contributed by atoms with Gasteiger partial charge in [-0.05, 0) is 43.3 Å². The lowest BCUT2D eigenvalue weighted by Gasteiger charge is -2.20. The summed E-state index contributed by atoms with van der Waals surface area (Å²) < 4.78 is 44.6. The van der Waals surface area contributed by atoms with Gasteiger partial charge in [-0.15, -0.1) is 11.3 Å². The van der Waals surface area contributed by atoms with Gasteiger partial charge in [-0.2, -0.15) is 0 Å². The molecule has 190 valence electrons. The molecular formula is C24H23ClN2O7S2. The second-order valence-corrected chi connectivity index (χ2v) is 11.8. The van der Waals surface area contributed by atoms with Gasteiger partial charge in [0, 0.05) is 32.6 Å². The van der Waals surface area contributed by atoms with Crippen LogP contribution in [0, 0.1) is 0 Å². The van der Waals surface area contributed by atoms with Crippen molar-refractivity contribution >= 4 is 56.2 Å². The lowest BCUT2D eigenvalue weighted by Crippen LogP contribution is -2.29. The second kappa shape index (κ2) is 9.64. The van der Waals surface area contributed by atoms with E-state index in [9.17, 15) is 18.0 Å². The molecule has 0 radical (unpaired) electrons. The summed E-state index contributed by atoms with van der Waals surface area (Å²) in [7, 11) is -2.82. The van der Waals surface area contributed by atoms with E-state index in [0.29, 0.717) is 22.9 Å². The summed E-state index contributed by atoms with van der Waals surface area (Å²) in [5.74, 6) is -1.19. The van der Waals surface area contributed by atoms with Crippen LogP contribution < -0.4 is 19.1 Å². The number of amides is 1. The van der Waals surface area contributed by atoms with E-state index in [4.69, 9.17) is 25.8 Å².